The van der Waals surface area contributed by atoms with Crippen molar-refractivity contribution in [1.29, 1.82) is 0 Å². The predicted octanol–water partition coefficient (Wildman–Crippen LogP) is 2.11. The van der Waals surface area contributed by atoms with E-state index in [1.165, 1.54) is 25.4 Å². The molecule has 23 heavy (non-hydrogen) atoms. The van der Waals surface area contributed by atoms with Crippen molar-refractivity contribution in [2.24, 2.45) is 0 Å². The number of rotatable bonds is 5. The highest BCUT2D eigenvalue weighted by Crippen LogP contribution is 2.20. The highest BCUT2D eigenvalue weighted by atomic mass is 16.5. The zero-order valence-corrected chi connectivity index (χ0v) is 13.3. The summed E-state index contributed by atoms with van der Waals surface area (Å²) in [4.78, 5) is 30.0. The van der Waals surface area contributed by atoms with Gasteiger partial charge >= 0.3 is 5.97 Å². The Morgan fingerprint density at radius 1 is 1.17 bits per heavy atom. The summed E-state index contributed by atoms with van der Waals surface area (Å²) in [5, 5.41) is 2.74. The van der Waals surface area contributed by atoms with E-state index >= 15 is 0 Å². The Morgan fingerprint density at radius 2 is 1.87 bits per heavy atom. The van der Waals surface area contributed by atoms with Crippen molar-refractivity contribution in [2.75, 3.05) is 26.5 Å². The Hall–Kier alpha value is -2.73. The molecule has 6 nitrogen and oxygen atoms in total. The first-order chi connectivity index (χ1) is 11.0. The van der Waals surface area contributed by atoms with Crippen LogP contribution in [0.25, 0.3) is 0 Å². The molecular weight excluding hydrogens is 294 g/mol. The van der Waals surface area contributed by atoms with Crippen LogP contribution in [-0.2, 0) is 9.53 Å². The number of pyridine rings is 1. The molecule has 0 radical (unpaired) electrons. The number of ether oxygens (including phenoxy) is 1. The molecule has 1 aromatic carbocycles. The highest BCUT2D eigenvalue weighted by molar-refractivity contribution is 5.96. The number of aromatic nitrogens is 1. The van der Waals surface area contributed by atoms with E-state index in [9.17, 15) is 9.59 Å². The van der Waals surface area contributed by atoms with Gasteiger partial charge in [-0.1, -0.05) is 30.3 Å². The first-order valence-electron chi connectivity index (χ1n) is 7.09. The van der Waals surface area contributed by atoms with Gasteiger partial charge in [0.05, 0.1) is 12.7 Å². The number of hydrogen-bond acceptors (Lipinski definition) is 5. The number of benzene rings is 1. The van der Waals surface area contributed by atoms with E-state index in [-0.39, 0.29) is 5.91 Å². The third-order valence-corrected chi connectivity index (χ3v) is 3.31. The summed E-state index contributed by atoms with van der Waals surface area (Å²) in [5.41, 5.74) is 1.21. The predicted molar refractivity (Wildman–Crippen MR) is 87.1 cm³/mol. The summed E-state index contributed by atoms with van der Waals surface area (Å²) >= 11 is 0. The first kappa shape index (κ1) is 16.6. The fourth-order valence-corrected chi connectivity index (χ4v) is 2.26. The summed E-state index contributed by atoms with van der Waals surface area (Å²) in [6, 6.07) is 12.0. The third-order valence-electron chi connectivity index (χ3n) is 3.31. The molecule has 2 rings (SSSR count). The van der Waals surface area contributed by atoms with Gasteiger partial charge in [-0.15, -0.1) is 0 Å². The van der Waals surface area contributed by atoms with Crippen molar-refractivity contribution in [3.05, 3.63) is 59.8 Å². The third kappa shape index (κ3) is 4.14. The van der Waals surface area contributed by atoms with Crippen LogP contribution in [0, 0.1) is 0 Å². The summed E-state index contributed by atoms with van der Waals surface area (Å²) in [7, 11) is 4.96. The maximum absolute atomic E-state index is 12.6. The van der Waals surface area contributed by atoms with Gasteiger partial charge in [-0.25, -0.2) is 9.78 Å². The molecule has 6 heteroatoms. The van der Waals surface area contributed by atoms with E-state index in [0.717, 1.165) is 5.56 Å². The lowest BCUT2D eigenvalue weighted by Crippen LogP contribution is -2.32. The van der Waals surface area contributed by atoms with E-state index in [1.54, 1.807) is 0 Å². The molecule has 0 aliphatic carbocycles. The Labute approximate surface area is 135 Å². The van der Waals surface area contributed by atoms with Gasteiger partial charge in [-0.2, -0.15) is 0 Å². The van der Waals surface area contributed by atoms with Gasteiger partial charge in [0.15, 0.2) is 0 Å². The van der Waals surface area contributed by atoms with E-state index in [1.807, 2.05) is 49.3 Å². The molecule has 0 saturated heterocycles. The van der Waals surface area contributed by atoms with E-state index in [4.69, 9.17) is 0 Å². The van der Waals surface area contributed by atoms with Gasteiger partial charge in [0, 0.05) is 6.20 Å². The second-order valence-corrected chi connectivity index (χ2v) is 5.19. The molecule has 0 aliphatic heterocycles. The number of hydrogen-bond donors (Lipinski definition) is 1. The molecule has 1 amide bonds. The van der Waals surface area contributed by atoms with Gasteiger partial charge < -0.3 is 10.1 Å². The average molecular weight is 313 g/mol. The van der Waals surface area contributed by atoms with Crippen LogP contribution < -0.4 is 5.32 Å². The second kappa shape index (κ2) is 7.51. The number of nitrogens with zero attached hydrogens (tertiary/aromatic N) is 2. The maximum Gasteiger partial charge on any atom is 0.338 e. The average Bonchev–Trinajstić information content (AvgIpc) is 2.55. The number of carbonyl (C=O) groups excluding carboxylic acids is 2. The van der Waals surface area contributed by atoms with Crippen molar-refractivity contribution in [2.45, 2.75) is 6.04 Å². The van der Waals surface area contributed by atoms with Gasteiger partial charge in [-0.05, 0) is 31.8 Å². The van der Waals surface area contributed by atoms with Crippen molar-refractivity contribution < 1.29 is 14.3 Å². The lowest BCUT2D eigenvalue weighted by molar-refractivity contribution is -0.120. The Balaban J connectivity index is 2.21. The molecule has 1 N–H and O–H groups in total. The van der Waals surface area contributed by atoms with Crippen LogP contribution in [0.4, 0.5) is 5.82 Å². The zero-order valence-electron chi connectivity index (χ0n) is 13.3. The maximum atomic E-state index is 12.6. The number of nitrogens with one attached hydrogen (secondary N) is 1. The van der Waals surface area contributed by atoms with Gasteiger partial charge in [0.25, 0.3) is 0 Å². The quantitative estimate of drug-likeness (QED) is 0.856. The monoisotopic (exact) mass is 313 g/mol. The number of likely N-dealkylation sites (N-methyl/N-ethyl adjacent to an activating group) is 1. The number of carbonyl (C=O) groups is 2. The normalized spacial score (nSPS) is 11.8. The topological polar surface area (TPSA) is 71.5 Å². The molecule has 0 aliphatic rings. The highest BCUT2D eigenvalue weighted by Gasteiger charge is 2.23. The van der Waals surface area contributed by atoms with Gasteiger partial charge in [0.1, 0.15) is 11.9 Å². The van der Waals surface area contributed by atoms with Crippen LogP contribution in [0.3, 0.4) is 0 Å². The molecular formula is C17H19N3O3. The summed E-state index contributed by atoms with van der Waals surface area (Å²) < 4.78 is 4.66. The van der Waals surface area contributed by atoms with Crippen molar-refractivity contribution in [3.8, 4) is 0 Å². The molecule has 0 saturated carbocycles. The minimum Gasteiger partial charge on any atom is -0.465 e. The van der Waals surface area contributed by atoms with Crippen LogP contribution >= 0.6 is 0 Å². The number of amides is 1. The minimum atomic E-state index is -0.477. The number of methoxy groups -OCH3 is 1. The lowest BCUT2D eigenvalue weighted by atomic mass is 10.1. The Morgan fingerprint density at radius 3 is 2.48 bits per heavy atom. The van der Waals surface area contributed by atoms with E-state index < -0.39 is 12.0 Å². The molecule has 0 spiro atoms. The molecule has 1 aromatic heterocycles. The summed E-state index contributed by atoms with van der Waals surface area (Å²) in [5.74, 6) is -0.397. The second-order valence-electron chi connectivity index (χ2n) is 5.19. The van der Waals surface area contributed by atoms with Crippen LogP contribution in [0.15, 0.2) is 48.7 Å². The molecule has 120 valence electrons. The molecule has 0 bridgehead atoms. The standard InChI is InChI=1S/C17H19N3O3/c1-20(2)15(12-7-5-4-6-8-12)16(21)19-14-11-13(9-10-18-14)17(22)23-3/h4-11,15H,1-3H3,(H,18,19,21). The first-order valence-corrected chi connectivity index (χ1v) is 7.09. The van der Waals surface area contributed by atoms with Crippen molar-refractivity contribution >= 4 is 17.7 Å². The number of esters is 1. The van der Waals surface area contributed by atoms with Crippen molar-refractivity contribution in [1.82, 2.24) is 9.88 Å². The lowest BCUT2D eigenvalue weighted by Gasteiger charge is -2.23. The van der Waals surface area contributed by atoms with Crippen LogP contribution in [0.2, 0.25) is 0 Å². The van der Waals surface area contributed by atoms with Gasteiger partial charge in [0.2, 0.25) is 5.91 Å². The number of anilines is 1. The van der Waals surface area contributed by atoms with Crippen LogP contribution in [-0.4, -0.2) is 43.0 Å². The Bertz CT molecular complexity index is 686. The fourth-order valence-electron chi connectivity index (χ4n) is 2.26. The molecule has 2 aromatic rings. The molecule has 0 fully saturated rings. The van der Waals surface area contributed by atoms with Crippen molar-refractivity contribution in [3.63, 3.8) is 0 Å². The Kier molecular flexibility index (Phi) is 5.43. The van der Waals surface area contributed by atoms with Gasteiger partial charge in [-0.3, -0.25) is 9.69 Å². The van der Waals surface area contributed by atoms with E-state index in [0.29, 0.717) is 11.4 Å². The van der Waals surface area contributed by atoms with Crippen LogP contribution in [0.1, 0.15) is 22.0 Å². The molecule has 1 heterocycles. The molecule has 1 atom stereocenters. The smallest absolute Gasteiger partial charge is 0.338 e. The van der Waals surface area contributed by atoms with E-state index in [2.05, 4.69) is 15.0 Å². The SMILES string of the molecule is COC(=O)c1ccnc(NC(=O)C(c2ccccc2)N(C)C)c1. The summed E-state index contributed by atoms with van der Waals surface area (Å²) in [6.45, 7) is 0. The zero-order chi connectivity index (χ0) is 16.8. The minimum absolute atomic E-state index is 0.226. The fraction of sp³-hybridized carbons (Fsp3) is 0.235. The molecule has 1 unspecified atom stereocenters. The summed E-state index contributed by atoms with van der Waals surface area (Å²) in [6.07, 6.45) is 1.45. The van der Waals surface area contributed by atoms with Crippen LogP contribution in [0.5, 0.6) is 0 Å². The largest absolute Gasteiger partial charge is 0.465 e.